The Hall–Kier alpha value is -2.05. The van der Waals surface area contributed by atoms with Gasteiger partial charge in [0.05, 0.1) is 11.1 Å². The van der Waals surface area contributed by atoms with Crippen LogP contribution < -0.4 is 0 Å². The lowest BCUT2D eigenvalue weighted by Gasteiger charge is -2.36. The smallest absolute Gasteiger partial charge is 0.339 e. The molecule has 0 atom stereocenters. The maximum Gasteiger partial charge on any atom is 0.417 e. The largest absolute Gasteiger partial charge is 0.417 e. The Labute approximate surface area is 157 Å². The van der Waals surface area contributed by atoms with Crippen LogP contribution in [0.3, 0.4) is 0 Å². The third-order valence-electron chi connectivity index (χ3n) is 5.55. The highest BCUT2D eigenvalue weighted by atomic mass is 19.4. The van der Waals surface area contributed by atoms with Gasteiger partial charge in [-0.05, 0) is 25.0 Å². The lowest BCUT2D eigenvalue weighted by atomic mass is 9.98. The highest BCUT2D eigenvalue weighted by molar-refractivity contribution is 5.96. The third kappa shape index (κ3) is 4.62. The summed E-state index contributed by atoms with van der Waals surface area (Å²) in [5.41, 5.74) is -1.24. The van der Waals surface area contributed by atoms with E-state index >= 15 is 0 Å². The molecule has 0 bridgehead atoms. The molecule has 1 aliphatic heterocycles. The van der Waals surface area contributed by atoms with E-state index in [1.807, 2.05) is 0 Å². The van der Waals surface area contributed by atoms with Crippen molar-refractivity contribution in [2.45, 2.75) is 44.7 Å². The number of halogens is 3. The predicted octanol–water partition coefficient (Wildman–Crippen LogP) is 3.96. The van der Waals surface area contributed by atoms with Gasteiger partial charge in [0.1, 0.15) is 0 Å². The number of carbonyl (C=O) groups excluding carboxylic acids is 2. The average Bonchev–Trinajstić information content (AvgIpc) is 2.96. The summed E-state index contributed by atoms with van der Waals surface area (Å²) in [6.07, 6.45) is 1.75. The molecule has 1 aliphatic carbocycles. The van der Waals surface area contributed by atoms with Gasteiger partial charge in [0, 0.05) is 32.1 Å². The molecule has 2 fully saturated rings. The zero-order valence-electron chi connectivity index (χ0n) is 15.3. The van der Waals surface area contributed by atoms with E-state index < -0.39 is 17.6 Å². The molecule has 1 aromatic carbocycles. The summed E-state index contributed by atoms with van der Waals surface area (Å²) in [7, 11) is 0. The van der Waals surface area contributed by atoms with E-state index in [1.54, 1.807) is 4.90 Å². The average molecular weight is 382 g/mol. The van der Waals surface area contributed by atoms with Crippen LogP contribution in [0.4, 0.5) is 13.2 Å². The molecule has 2 aliphatic rings. The number of hydrogen-bond acceptors (Lipinski definition) is 2. The van der Waals surface area contributed by atoms with E-state index in [2.05, 4.69) is 0 Å². The first-order valence-corrected chi connectivity index (χ1v) is 9.62. The molecule has 0 aromatic heterocycles. The highest BCUT2D eigenvalue weighted by Gasteiger charge is 2.37. The van der Waals surface area contributed by atoms with Crippen LogP contribution in [0.2, 0.25) is 0 Å². The second-order valence-corrected chi connectivity index (χ2v) is 7.35. The quantitative estimate of drug-likeness (QED) is 0.727. The highest BCUT2D eigenvalue weighted by Crippen LogP contribution is 2.32. The number of benzene rings is 1. The number of rotatable bonds is 2. The van der Waals surface area contributed by atoms with Gasteiger partial charge in [-0.15, -0.1) is 0 Å². The molecule has 2 amide bonds. The van der Waals surface area contributed by atoms with Crippen molar-refractivity contribution < 1.29 is 22.8 Å². The van der Waals surface area contributed by atoms with Crippen molar-refractivity contribution in [1.29, 1.82) is 0 Å². The van der Waals surface area contributed by atoms with Crippen molar-refractivity contribution >= 4 is 11.8 Å². The number of carbonyl (C=O) groups is 2. The van der Waals surface area contributed by atoms with E-state index in [9.17, 15) is 22.8 Å². The first-order valence-electron chi connectivity index (χ1n) is 9.62. The maximum absolute atomic E-state index is 13.2. The van der Waals surface area contributed by atoms with Crippen molar-refractivity contribution in [3.05, 3.63) is 35.4 Å². The molecule has 1 aromatic rings. The number of hydrogen-bond donors (Lipinski definition) is 0. The van der Waals surface area contributed by atoms with Crippen LogP contribution in [0, 0.1) is 5.92 Å². The topological polar surface area (TPSA) is 40.6 Å². The van der Waals surface area contributed by atoms with Crippen LogP contribution in [-0.4, -0.2) is 47.8 Å². The van der Waals surface area contributed by atoms with Gasteiger partial charge in [0.15, 0.2) is 0 Å². The Morgan fingerprint density at radius 1 is 0.852 bits per heavy atom. The lowest BCUT2D eigenvalue weighted by molar-refractivity contribution is -0.138. The molecule has 1 heterocycles. The fourth-order valence-corrected chi connectivity index (χ4v) is 4.00. The number of amides is 2. The second kappa shape index (κ2) is 8.31. The minimum Gasteiger partial charge on any atom is -0.339 e. The Kier molecular flexibility index (Phi) is 6.07. The van der Waals surface area contributed by atoms with Gasteiger partial charge in [0.25, 0.3) is 5.91 Å². The Balaban J connectivity index is 1.62. The van der Waals surface area contributed by atoms with Gasteiger partial charge < -0.3 is 9.80 Å². The molecule has 0 N–H and O–H groups in total. The Morgan fingerprint density at radius 2 is 1.41 bits per heavy atom. The normalized spacial score (nSPS) is 19.7. The van der Waals surface area contributed by atoms with Crippen LogP contribution in [0.1, 0.15) is 54.4 Å². The SMILES string of the molecule is O=C(c1ccccc1C(F)(F)F)N1CCN(C(=O)C2CCCCCC2)CC1. The summed E-state index contributed by atoms with van der Waals surface area (Å²) >= 11 is 0. The monoisotopic (exact) mass is 382 g/mol. The molecule has 0 spiro atoms. The van der Waals surface area contributed by atoms with Crippen molar-refractivity contribution in [1.82, 2.24) is 9.80 Å². The third-order valence-corrected chi connectivity index (χ3v) is 5.55. The Bertz CT molecular complexity index is 674. The summed E-state index contributed by atoms with van der Waals surface area (Å²) in [5.74, 6) is -0.426. The van der Waals surface area contributed by atoms with E-state index in [0.29, 0.717) is 13.1 Å². The molecule has 1 saturated carbocycles. The molecule has 27 heavy (non-hydrogen) atoms. The molecular weight excluding hydrogens is 357 g/mol. The molecule has 1 saturated heterocycles. The summed E-state index contributed by atoms with van der Waals surface area (Å²) in [5, 5.41) is 0. The second-order valence-electron chi connectivity index (χ2n) is 7.35. The summed E-state index contributed by atoms with van der Waals surface area (Å²) < 4.78 is 39.5. The number of alkyl halides is 3. The fraction of sp³-hybridized carbons (Fsp3) is 0.600. The predicted molar refractivity (Wildman–Crippen MR) is 95.1 cm³/mol. The van der Waals surface area contributed by atoms with Crippen molar-refractivity contribution in [2.75, 3.05) is 26.2 Å². The molecular formula is C20H25F3N2O2. The molecule has 0 radical (unpaired) electrons. The molecule has 7 heteroatoms. The minimum absolute atomic E-state index is 0.0562. The number of nitrogens with zero attached hydrogens (tertiary/aromatic N) is 2. The standard InChI is InChI=1S/C20H25F3N2O2/c21-20(22,23)17-10-6-5-9-16(17)19(27)25-13-11-24(12-14-25)18(26)15-7-3-1-2-4-8-15/h5-6,9-10,15H,1-4,7-8,11-14H2. The van der Waals surface area contributed by atoms with Crippen molar-refractivity contribution in [3.63, 3.8) is 0 Å². The molecule has 4 nitrogen and oxygen atoms in total. The first kappa shape index (κ1) is 19.7. The minimum atomic E-state index is -4.57. The van der Waals surface area contributed by atoms with Crippen LogP contribution in [0.15, 0.2) is 24.3 Å². The Morgan fingerprint density at radius 3 is 2.00 bits per heavy atom. The van der Waals surface area contributed by atoms with Gasteiger partial charge in [-0.25, -0.2) is 0 Å². The van der Waals surface area contributed by atoms with Gasteiger partial charge >= 0.3 is 6.18 Å². The van der Waals surface area contributed by atoms with Crippen LogP contribution in [0.25, 0.3) is 0 Å². The van der Waals surface area contributed by atoms with Crippen molar-refractivity contribution in [2.24, 2.45) is 5.92 Å². The van der Waals surface area contributed by atoms with Crippen molar-refractivity contribution in [3.8, 4) is 0 Å². The van der Waals surface area contributed by atoms with Crippen LogP contribution >= 0.6 is 0 Å². The van der Waals surface area contributed by atoms with E-state index in [1.165, 1.54) is 35.9 Å². The van der Waals surface area contributed by atoms with Crippen LogP contribution in [-0.2, 0) is 11.0 Å². The van der Waals surface area contributed by atoms with E-state index in [4.69, 9.17) is 0 Å². The summed E-state index contributed by atoms with van der Waals surface area (Å²) in [6.45, 7) is 1.30. The van der Waals surface area contributed by atoms with Gasteiger partial charge in [-0.3, -0.25) is 9.59 Å². The zero-order chi connectivity index (χ0) is 19.4. The van der Waals surface area contributed by atoms with Crippen LogP contribution in [0.5, 0.6) is 0 Å². The van der Waals surface area contributed by atoms with Gasteiger partial charge in [-0.1, -0.05) is 37.8 Å². The number of piperazine rings is 1. The zero-order valence-corrected chi connectivity index (χ0v) is 15.3. The first-order chi connectivity index (χ1) is 12.9. The summed E-state index contributed by atoms with van der Waals surface area (Å²) in [4.78, 5) is 28.5. The molecule has 3 rings (SSSR count). The van der Waals surface area contributed by atoms with E-state index in [-0.39, 0.29) is 30.5 Å². The van der Waals surface area contributed by atoms with E-state index in [0.717, 1.165) is 31.7 Å². The fourth-order valence-electron chi connectivity index (χ4n) is 4.00. The van der Waals surface area contributed by atoms with Gasteiger partial charge in [0.2, 0.25) is 5.91 Å². The van der Waals surface area contributed by atoms with Gasteiger partial charge in [-0.2, -0.15) is 13.2 Å². The molecule has 0 unspecified atom stereocenters. The summed E-state index contributed by atoms with van der Waals surface area (Å²) in [6, 6.07) is 4.87. The molecule has 148 valence electrons. The lowest BCUT2D eigenvalue weighted by Crippen LogP contribution is -2.52. The maximum atomic E-state index is 13.2.